The summed E-state index contributed by atoms with van der Waals surface area (Å²) >= 11 is 0. The number of nitrogens with one attached hydrogen (secondary N) is 1. The van der Waals surface area contributed by atoms with Crippen molar-refractivity contribution in [3.05, 3.63) is 40.1 Å². The Morgan fingerprint density at radius 1 is 1.28 bits per heavy atom. The summed E-state index contributed by atoms with van der Waals surface area (Å²) < 4.78 is 0. The average Bonchev–Trinajstić information content (AvgIpc) is 2.56. The van der Waals surface area contributed by atoms with E-state index in [0.29, 0.717) is 5.69 Å². The minimum atomic E-state index is -1.11. The first-order valence-electron chi connectivity index (χ1n) is 7.68. The number of hydrogen-bond acceptors (Lipinski definition) is 6. The number of aliphatic carboxylic acids is 1. The van der Waals surface area contributed by atoms with Crippen LogP contribution in [0, 0.1) is 6.92 Å². The highest BCUT2D eigenvalue weighted by atomic mass is 16.4. The number of rotatable bonds is 6. The van der Waals surface area contributed by atoms with E-state index in [0.717, 1.165) is 0 Å². The molecular formula is C16H19N5O4. The molecule has 132 valence electrons. The Morgan fingerprint density at radius 3 is 2.44 bits per heavy atom. The minimum Gasteiger partial charge on any atom is -0.480 e. The molecule has 0 fully saturated rings. The Kier molecular flexibility index (Phi) is 5.58. The van der Waals surface area contributed by atoms with Gasteiger partial charge in [-0.25, -0.2) is 15.0 Å². The molecular weight excluding hydrogens is 326 g/mol. The molecule has 2 heterocycles. The number of hydrogen-bond donors (Lipinski definition) is 2. The molecule has 0 aromatic carbocycles. The number of carbonyl (C=O) groups is 2. The molecule has 0 saturated heterocycles. The van der Waals surface area contributed by atoms with Gasteiger partial charge in [0.2, 0.25) is 5.91 Å². The van der Waals surface area contributed by atoms with Gasteiger partial charge >= 0.3 is 5.97 Å². The molecule has 2 rings (SSSR count). The monoisotopic (exact) mass is 345 g/mol. The zero-order chi connectivity index (χ0) is 18.6. The fourth-order valence-corrected chi connectivity index (χ4v) is 2.30. The molecule has 2 N–H and O–H groups in total. The number of H-pyrrole nitrogens is 1. The smallest absolute Gasteiger partial charge is 0.323 e. The van der Waals surface area contributed by atoms with E-state index in [1.165, 1.54) is 17.3 Å². The van der Waals surface area contributed by atoms with Gasteiger partial charge in [0.1, 0.15) is 6.54 Å². The van der Waals surface area contributed by atoms with Gasteiger partial charge in [-0.1, -0.05) is 0 Å². The second kappa shape index (κ2) is 7.65. The molecule has 0 saturated carbocycles. The average molecular weight is 345 g/mol. The molecule has 0 bridgehead atoms. The van der Waals surface area contributed by atoms with E-state index in [-0.39, 0.29) is 29.7 Å². The third-order valence-corrected chi connectivity index (χ3v) is 3.58. The lowest BCUT2D eigenvalue weighted by atomic mass is 10.1. The number of carbonyl (C=O) groups excluding carboxylic acids is 1. The van der Waals surface area contributed by atoms with Crippen LogP contribution in [0.4, 0.5) is 0 Å². The Morgan fingerprint density at radius 2 is 1.92 bits per heavy atom. The maximum atomic E-state index is 12.4. The first-order valence-corrected chi connectivity index (χ1v) is 7.68. The van der Waals surface area contributed by atoms with Crippen molar-refractivity contribution >= 4 is 11.9 Å². The largest absolute Gasteiger partial charge is 0.480 e. The standard InChI is InChI=1S/C16H19N5O4/c1-9(2)21(8-13(23)24)12(22)7-11-10(3)19-15(20-16(11)25)14-17-5-4-6-18-14/h4-6,9H,7-8H2,1-3H3,(H,23,24)(H,19,20,25). The molecule has 0 aliphatic heterocycles. The summed E-state index contributed by atoms with van der Waals surface area (Å²) in [5.41, 5.74) is 0.0987. The van der Waals surface area contributed by atoms with Gasteiger partial charge in [-0.3, -0.25) is 14.4 Å². The molecule has 0 aliphatic rings. The summed E-state index contributed by atoms with van der Waals surface area (Å²) in [6.07, 6.45) is 2.83. The van der Waals surface area contributed by atoms with Gasteiger partial charge in [0.15, 0.2) is 11.6 Å². The van der Waals surface area contributed by atoms with Crippen molar-refractivity contribution in [2.24, 2.45) is 0 Å². The number of aromatic nitrogens is 4. The van der Waals surface area contributed by atoms with Crippen molar-refractivity contribution < 1.29 is 14.7 Å². The van der Waals surface area contributed by atoms with Crippen LogP contribution < -0.4 is 5.56 Å². The van der Waals surface area contributed by atoms with E-state index in [4.69, 9.17) is 5.11 Å². The highest BCUT2D eigenvalue weighted by Gasteiger charge is 2.22. The maximum absolute atomic E-state index is 12.4. The normalized spacial score (nSPS) is 10.7. The Balaban J connectivity index is 2.30. The molecule has 2 aromatic heterocycles. The summed E-state index contributed by atoms with van der Waals surface area (Å²) in [6.45, 7) is 4.62. The highest BCUT2D eigenvalue weighted by molar-refractivity contribution is 5.83. The van der Waals surface area contributed by atoms with Gasteiger partial charge < -0.3 is 15.0 Å². The topological polar surface area (TPSA) is 129 Å². The quantitative estimate of drug-likeness (QED) is 0.775. The van der Waals surface area contributed by atoms with E-state index in [9.17, 15) is 14.4 Å². The molecule has 25 heavy (non-hydrogen) atoms. The molecule has 9 heteroatoms. The lowest BCUT2D eigenvalue weighted by Gasteiger charge is -2.25. The zero-order valence-corrected chi connectivity index (χ0v) is 14.2. The van der Waals surface area contributed by atoms with Crippen LogP contribution in [-0.2, 0) is 16.0 Å². The van der Waals surface area contributed by atoms with Gasteiger partial charge in [0, 0.05) is 29.7 Å². The highest BCUT2D eigenvalue weighted by Crippen LogP contribution is 2.10. The summed E-state index contributed by atoms with van der Waals surface area (Å²) in [6, 6.07) is 1.35. The molecule has 0 unspecified atom stereocenters. The lowest BCUT2D eigenvalue weighted by molar-refractivity contribution is -0.145. The van der Waals surface area contributed by atoms with Crippen LogP contribution >= 0.6 is 0 Å². The van der Waals surface area contributed by atoms with E-state index >= 15 is 0 Å². The molecule has 0 atom stereocenters. The van der Waals surface area contributed by atoms with E-state index in [1.54, 1.807) is 26.8 Å². The summed E-state index contributed by atoms with van der Waals surface area (Å²) in [5, 5.41) is 8.93. The predicted molar refractivity (Wildman–Crippen MR) is 88.8 cm³/mol. The SMILES string of the molecule is Cc1nc(-c2ncccn2)[nH]c(=O)c1CC(=O)N(CC(=O)O)C(C)C. The van der Waals surface area contributed by atoms with Crippen LogP contribution in [0.15, 0.2) is 23.3 Å². The number of aromatic amines is 1. The van der Waals surface area contributed by atoms with Crippen molar-refractivity contribution in [3.8, 4) is 11.6 Å². The number of nitrogens with zero attached hydrogens (tertiary/aromatic N) is 4. The van der Waals surface area contributed by atoms with Crippen molar-refractivity contribution in [2.75, 3.05) is 6.54 Å². The molecule has 2 aromatic rings. The van der Waals surface area contributed by atoms with E-state index in [2.05, 4.69) is 19.9 Å². The predicted octanol–water partition coefficient (Wildman–Crippen LogP) is 0.399. The minimum absolute atomic E-state index is 0.195. The lowest BCUT2D eigenvalue weighted by Crippen LogP contribution is -2.42. The van der Waals surface area contributed by atoms with E-state index < -0.39 is 24.0 Å². The van der Waals surface area contributed by atoms with E-state index in [1.807, 2.05) is 0 Å². The van der Waals surface area contributed by atoms with Crippen LogP contribution in [0.1, 0.15) is 25.1 Å². The third kappa shape index (κ3) is 4.46. The Labute approximate surface area is 143 Å². The fourth-order valence-electron chi connectivity index (χ4n) is 2.30. The van der Waals surface area contributed by atoms with Crippen LogP contribution in [0.3, 0.4) is 0 Å². The van der Waals surface area contributed by atoms with Gasteiger partial charge in [-0.05, 0) is 26.8 Å². The summed E-state index contributed by atoms with van der Waals surface area (Å²) in [4.78, 5) is 51.7. The van der Waals surface area contributed by atoms with Crippen molar-refractivity contribution in [1.82, 2.24) is 24.8 Å². The second-order valence-electron chi connectivity index (χ2n) is 5.74. The molecule has 1 amide bonds. The van der Waals surface area contributed by atoms with Crippen LogP contribution in [0.25, 0.3) is 11.6 Å². The first-order chi connectivity index (χ1) is 11.8. The molecule has 0 aliphatic carbocycles. The summed E-state index contributed by atoms with van der Waals surface area (Å²) in [5.74, 6) is -1.07. The van der Waals surface area contributed by atoms with Crippen LogP contribution in [0.5, 0.6) is 0 Å². The second-order valence-corrected chi connectivity index (χ2v) is 5.74. The third-order valence-electron chi connectivity index (χ3n) is 3.58. The fraction of sp³-hybridized carbons (Fsp3) is 0.375. The first kappa shape index (κ1) is 18.2. The molecule has 0 spiro atoms. The van der Waals surface area contributed by atoms with Gasteiger partial charge in [0.25, 0.3) is 5.56 Å². The molecule has 9 nitrogen and oxygen atoms in total. The number of amides is 1. The zero-order valence-electron chi connectivity index (χ0n) is 14.2. The van der Waals surface area contributed by atoms with Gasteiger partial charge in [-0.2, -0.15) is 0 Å². The number of carboxylic acids is 1. The molecule has 0 radical (unpaired) electrons. The van der Waals surface area contributed by atoms with Crippen molar-refractivity contribution in [1.29, 1.82) is 0 Å². The maximum Gasteiger partial charge on any atom is 0.323 e. The Bertz CT molecular complexity index is 832. The van der Waals surface area contributed by atoms with Gasteiger partial charge in [-0.15, -0.1) is 0 Å². The number of carboxylic acid groups (broad SMARTS) is 1. The summed E-state index contributed by atoms with van der Waals surface area (Å²) in [7, 11) is 0. The van der Waals surface area contributed by atoms with Crippen LogP contribution in [-0.4, -0.2) is 54.4 Å². The Hall–Kier alpha value is -3.10. The van der Waals surface area contributed by atoms with Gasteiger partial charge in [0.05, 0.1) is 6.42 Å². The number of aryl methyl sites for hydroxylation is 1. The van der Waals surface area contributed by atoms with Crippen molar-refractivity contribution in [3.63, 3.8) is 0 Å². The van der Waals surface area contributed by atoms with Crippen molar-refractivity contribution in [2.45, 2.75) is 33.2 Å². The van der Waals surface area contributed by atoms with Crippen LogP contribution in [0.2, 0.25) is 0 Å².